The van der Waals surface area contributed by atoms with Gasteiger partial charge in [-0.2, -0.15) is 0 Å². The lowest BCUT2D eigenvalue weighted by Gasteiger charge is -2.22. The first-order chi connectivity index (χ1) is 9.97. The number of piperidine rings is 1. The van der Waals surface area contributed by atoms with Crippen LogP contribution in [0.2, 0.25) is 0 Å². The van der Waals surface area contributed by atoms with Crippen molar-refractivity contribution in [2.45, 2.75) is 45.4 Å². The molecule has 0 bridgehead atoms. The van der Waals surface area contributed by atoms with Crippen molar-refractivity contribution in [3.63, 3.8) is 0 Å². The highest BCUT2D eigenvalue weighted by Gasteiger charge is 2.20. The third-order valence-electron chi connectivity index (χ3n) is 4.20. The molecule has 1 aromatic carbocycles. The molecular weight excluding hydrogens is 260 g/mol. The maximum absolute atomic E-state index is 12.0. The Labute approximate surface area is 128 Å². The summed E-state index contributed by atoms with van der Waals surface area (Å²) in [5.41, 5.74) is 2.83. The topological polar surface area (TPSA) is 41.1 Å². The Morgan fingerprint density at radius 3 is 2.57 bits per heavy atom. The van der Waals surface area contributed by atoms with E-state index < -0.39 is 0 Å². The number of rotatable bonds is 4. The van der Waals surface area contributed by atoms with Crippen LogP contribution in [-0.4, -0.2) is 25.5 Å². The summed E-state index contributed by atoms with van der Waals surface area (Å²) in [5, 5.41) is 6.35. The van der Waals surface area contributed by atoms with E-state index in [4.69, 9.17) is 0 Å². The van der Waals surface area contributed by atoms with Crippen molar-refractivity contribution in [3.05, 3.63) is 35.4 Å². The monoisotopic (exact) mass is 288 g/mol. The Bertz CT molecular complexity index is 453. The molecule has 116 valence electrons. The molecule has 3 nitrogen and oxygen atoms in total. The standard InChI is InChI=1S/C18H28N2O/c1-18(2,3)16-8-6-14(7-9-16)10-12-20-17(21)15-5-4-11-19-13-15/h6-9,15,19H,4-5,10-13H2,1-3H3,(H,20,21). The van der Waals surface area contributed by atoms with E-state index in [-0.39, 0.29) is 17.2 Å². The van der Waals surface area contributed by atoms with Gasteiger partial charge in [0.1, 0.15) is 0 Å². The van der Waals surface area contributed by atoms with Crippen molar-refractivity contribution >= 4 is 5.91 Å². The first kappa shape index (κ1) is 16.0. The number of hydrogen-bond donors (Lipinski definition) is 2. The minimum atomic E-state index is 0.155. The summed E-state index contributed by atoms with van der Waals surface area (Å²) in [6.07, 6.45) is 3.02. The van der Waals surface area contributed by atoms with Crippen LogP contribution in [0, 0.1) is 5.92 Å². The summed E-state index contributed by atoms with van der Waals surface area (Å²) in [5.74, 6) is 0.357. The van der Waals surface area contributed by atoms with Crippen LogP contribution in [-0.2, 0) is 16.6 Å². The molecule has 1 aliphatic rings. The molecule has 0 aromatic heterocycles. The molecule has 21 heavy (non-hydrogen) atoms. The van der Waals surface area contributed by atoms with Gasteiger partial charge < -0.3 is 10.6 Å². The number of hydrogen-bond acceptors (Lipinski definition) is 2. The van der Waals surface area contributed by atoms with Gasteiger partial charge in [0.25, 0.3) is 0 Å². The van der Waals surface area contributed by atoms with E-state index >= 15 is 0 Å². The predicted octanol–water partition coefficient (Wildman–Crippen LogP) is 2.64. The second kappa shape index (κ2) is 7.08. The van der Waals surface area contributed by atoms with E-state index in [9.17, 15) is 4.79 Å². The van der Waals surface area contributed by atoms with Gasteiger partial charge in [0.15, 0.2) is 0 Å². The highest BCUT2D eigenvalue weighted by molar-refractivity contribution is 5.78. The Balaban J connectivity index is 1.76. The number of amides is 1. The molecule has 1 saturated heterocycles. The molecule has 1 unspecified atom stereocenters. The second-order valence-corrected chi connectivity index (χ2v) is 7.03. The van der Waals surface area contributed by atoms with Crippen LogP contribution in [0.1, 0.15) is 44.7 Å². The lowest BCUT2D eigenvalue weighted by molar-refractivity contribution is -0.125. The van der Waals surface area contributed by atoms with Crippen LogP contribution < -0.4 is 10.6 Å². The molecule has 1 aliphatic heterocycles. The fourth-order valence-corrected chi connectivity index (χ4v) is 2.72. The summed E-state index contributed by atoms with van der Waals surface area (Å²) in [6.45, 7) is 9.27. The smallest absolute Gasteiger partial charge is 0.224 e. The lowest BCUT2D eigenvalue weighted by Crippen LogP contribution is -2.41. The average Bonchev–Trinajstić information content (AvgIpc) is 2.47. The van der Waals surface area contributed by atoms with Gasteiger partial charge in [-0.05, 0) is 42.3 Å². The molecule has 1 heterocycles. The van der Waals surface area contributed by atoms with Gasteiger partial charge in [-0.15, -0.1) is 0 Å². The molecular formula is C18H28N2O. The number of carbonyl (C=O) groups is 1. The van der Waals surface area contributed by atoms with E-state index in [1.54, 1.807) is 0 Å². The quantitative estimate of drug-likeness (QED) is 0.894. The fraction of sp³-hybridized carbons (Fsp3) is 0.611. The zero-order chi connectivity index (χ0) is 15.3. The number of carbonyl (C=O) groups excluding carboxylic acids is 1. The van der Waals surface area contributed by atoms with Crippen molar-refractivity contribution in [2.75, 3.05) is 19.6 Å². The van der Waals surface area contributed by atoms with E-state index in [2.05, 4.69) is 55.7 Å². The third kappa shape index (κ3) is 4.85. The van der Waals surface area contributed by atoms with E-state index in [1.165, 1.54) is 11.1 Å². The molecule has 2 N–H and O–H groups in total. The molecule has 1 amide bonds. The average molecular weight is 288 g/mol. The van der Waals surface area contributed by atoms with Crippen LogP contribution in [0.4, 0.5) is 0 Å². The van der Waals surface area contributed by atoms with E-state index in [0.29, 0.717) is 0 Å². The summed E-state index contributed by atoms with van der Waals surface area (Å²) < 4.78 is 0. The number of nitrogens with one attached hydrogen (secondary N) is 2. The maximum Gasteiger partial charge on any atom is 0.224 e. The zero-order valence-corrected chi connectivity index (χ0v) is 13.5. The van der Waals surface area contributed by atoms with Crippen LogP contribution >= 0.6 is 0 Å². The summed E-state index contributed by atoms with van der Waals surface area (Å²) in [6, 6.07) is 8.74. The molecule has 0 saturated carbocycles. The van der Waals surface area contributed by atoms with E-state index in [0.717, 1.165) is 38.9 Å². The van der Waals surface area contributed by atoms with Crippen molar-refractivity contribution in [2.24, 2.45) is 5.92 Å². The summed E-state index contributed by atoms with van der Waals surface area (Å²) >= 11 is 0. The third-order valence-corrected chi connectivity index (χ3v) is 4.20. The van der Waals surface area contributed by atoms with Crippen molar-refractivity contribution in [3.8, 4) is 0 Å². The molecule has 1 atom stereocenters. The molecule has 0 spiro atoms. The maximum atomic E-state index is 12.0. The second-order valence-electron chi connectivity index (χ2n) is 7.03. The van der Waals surface area contributed by atoms with Crippen LogP contribution in [0.25, 0.3) is 0 Å². The van der Waals surface area contributed by atoms with Gasteiger partial charge in [0.05, 0.1) is 5.92 Å². The Morgan fingerprint density at radius 1 is 1.29 bits per heavy atom. The Kier molecular flexibility index (Phi) is 5.40. The van der Waals surface area contributed by atoms with Crippen LogP contribution in [0.5, 0.6) is 0 Å². The largest absolute Gasteiger partial charge is 0.355 e. The highest BCUT2D eigenvalue weighted by atomic mass is 16.1. The predicted molar refractivity (Wildman–Crippen MR) is 87.4 cm³/mol. The SMILES string of the molecule is CC(C)(C)c1ccc(CCNC(=O)C2CCCNC2)cc1. The fourth-order valence-electron chi connectivity index (χ4n) is 2.72. The Hall–Kier alpha value is -1.35. The van der Waals surface area contributed by atoms with Crippen molar-refractivity contribution in [1.82, 2.24) is 10.6 Å². The van der Waals surface area contributed by atoms with Gasteiger partial charge in [0.2, 0.25) is 5.91 Å². The van der Waals surface area contributed by atoms with E-state index in [1.807, 2.05) is 0 Å². The van der Waals surface area contributed by atoms with Crippen LogP contribution in [0.15, 0.2) is 24.3 Å². The van der Waals surface area contributed by atoms with Gasteiger partial charge in [-0.3, -0.25) is 4.79 Å². The van der Waals surface area contributed by atoms with Gasteiger partial charge >= 0.3 is 0 Å². The van der Waals surface area contributed by atoms with Gasteiger partial charge in [-0.1, -0.05) is 45.0 Å². The molecule has 0 aliphatic carbocycles. The Morgan fingerprint density at radius 2 is 2.00 bits per heavy atom. The van der Waals surface area contributed by atoms with Crippen molar-refractivity contribution in [1.29, 1.82) is 0 Å². The first-order valence-electron chi connectivity index (χ1n) is 8.04. The minimum Gasteiger partial charge on any atom is -0.355 e. The molecule has 0 radical (unpaired) electrons. The summed E-state index contributed by atoms with van der Waals surface area (Å²) in [4.78, 5) is 12.0. The molecule has 1 aromatic rings. The highest BCUT2D eigenvalue weighted by Crippen LogP contribution is 2.22. The van der Waals surface area contributed by atoms with Gasteiger partial charge in [0, 0.05) is 13.1 Å². The summed E-state index contributed by atoms with van der Waals surface area (Å²) in [7, 11) is 0. The van der Waals surface area contributed by atoms with Crippen LogP contribution in [0.3, 0.4) is 0 Å². The molecule has 3 heteroatoms. The van der Waals surface area contributed by atoms with Gasteiger partial charge in [-0.25, -0.2) is 0 Å². The van der Waals surface area contributed by atoms with Crippen molar-refractivity contribution < 1.29 is 4.79 Å². The zero-order valence-electron chi connectivity index (χ0n) is 13.5. The number of benzene rings is 1. The normalized spacial score (nSPS) is 19.3. The minimum absolute atomic E-state index is 0.155. The lowest BCUT2D eigenvalue weighted by atomic mass is 9.86. The molecule has 2 rings (SSSR count). The first-order valence-corrected chi connectivity index (χ1v) is 8.04. The molecule has 1 fully saturated rings.